The van der Waals surface area contributed by atoms with Gasteiger partial charge in [0.05, 0.1) is 17.3 Å². The largest absolute Gasteiger partial charge is 0.480 e. The molecule has 3 heterocycles. The van der Waals surface area contributed by atoms with Gasteiger partial charge in [0, 0.05) is 29.4 Å². The molecular weight excluding hydrogens is 398 g/mol. The van der Waals surface area contributed by atoms with E-state index in [4.69, 9.17) is 0 Å². The number of carboxylic acid groups (broad SMARTS) is 1. The zero-order valence-corrected chi connectivity index (χ0v) is 17.3. The summed E-state index contributed by atoms with van der Waals surface area (Å²) in [6.45, 7) is 3.38. The lowest BCUT2D eigenvalue weighted by atomic mass is 10.0. The number of hydrogen-bond acceptors (Lipinski definition) is 6. The molecule has 4 atom stereocenters. The third-order valence-corrected chi connectivity index (χ3v) is 6.25. The van der Waals surface area contributed by atoms with Gasteiger partial charge in [-0.2, -0.15) is 5.10 Å². The first-order valence-electron chi connectivity index (χ1n) is 10.3. The Morgan fingerprint density at radius 2 is 1.94 bits per heavy atom. The van der Waals surface area contributed by atoms with E-state index in [9.17, 15) is 19.8 Å². The number of piperidine rings is 1. The van der Waals surface area contributed by atoms with E-state index >= 15 is 0 Å². The van der Waals surface area contributed by atoms with Crippen LogP contribution in [0.2, 0.25) is 0 Å². The topological polar surface area (TPSA) is 121 Å². The van der Waals surface area contributed by atoms with Crippen LogP contribution in [0.3, 0.4) is 0 Å². The van der Waals surface area contributed by atoms with Crippen molar-refractivity contribution in [3.05, 3.63) is 42.1 Å². The fourth-order valence-electron chi connectivity index (χ4n) is 4.60. The highest BCUT2D eigenvalue weighted by atomic mass is 16.4. The second-order valence-electron chi connectivity index (χ2n) is 8.42. The summed E-state index contributed by atoms with van der Waals surface area (Å²) in [6.07, 6.45) is 4.05. The van der Waals surface area contributed by atoms with Crippen molar-refractivity contribution in [3.63, 3.8) is 0 Å². The number of carboxylic acids is 1. The molecule has 1 saturated heterocycles. The number of carbonyl (C=O) groups is 2. The van der Waals surface area contributed by atoms with Gasteiger partial charge in [0.2, 0.25) is 5.91 Å². The van der Waals surface area contributed by atoms with Gasteiger partial charge in [0.15, 0.2) is 0 Å². The first-order chi connectivity index (χ1) is 14.8. The lowest BCUT2D eigenvalue weighted by molar-refractivity contribution is -0.149. The second kappa shape index (κ2) is 7.12. The van der Waals surface area contributed by atoms with Crippen LogP contribution < -0.4 is 0 Å². The number of rotatable bonds is 5. The van der Waals surface area contributed by atoms with Gasteiger partial charge in [-0.25, -0.2) is 14.8 Å². The van der Waals surface area contributed by atoms with Gasteiger partial charge in [0.25, 0.3) is 0 Å². The highest BCUT2D eigenvalue weighted by Crippen LogP contribution is 2.48. The van der Waals surface area contributed by atoms with Gasteiger partial charge in [-0.1, -0.05) is 6.07 Å². The van der Waals surface area contributed by atoms with Crippen LogP contribution in [0.1, 0.15) is 37.4 Å². The molecule has 2 N–H and O–H groups in total. The van der Waals surface area contributed by atoms with E-state index < -0.39 is 18.1 Å². The Labute approximate surface area is 178 Å². The number of amides is 1. The Morgan fingerprint density at radius 3 is 2.61 bits per heavy atom. The van der Waals surface area contributed by atoms with Crippen molar-refractivity contribution in [1.29, 1.82) is 0 Å². The van der Waals surface area contributed by atoms with E-state index in [1.807, 2.05) is 25.1 Å². The molecule has 2 unspecified atom stereocenters. The van der Waals surface area contributed by atoms with Crippen molar-refractivity contribution >= 4 is 22.8 Å². The highest BCUT2D eigenvalue weighted by molar-refractivity contribution is 5.90. The lowest BCUT2D eigenvalue weighted by Gasteiger charge is -2.24. The summed E-state index contributed by atoms with van der Waals surface area (Å²) < 4.78 is 1.56. The van der Waals surface area contributed by atoms with Crippen molar-refractivity contribution in [2.24, 2.45) is 5.92 Å². The van der Waals surface area contributed by atoms with Crippen LogP contribution in [0.25, 0.3) is 22.0 Å². The Balaban J connectivity index is 1.50. The van der Waals surface area contributed by atoms with Crippen LogP contribution in [0.4, 0.5) is 0 Å². The zero-order chi connectivity index (χ0) is 21.9. The maximum absolute atomic E-state index is 13.0. The van der Waals surface area contributed by atoms with E-state index in [0.29, 0.717) is 29.4 Å². The van der Waals surface area contributed by atoms with Crippen molar-refractivity contribution in [2.75, 3.05) is 0 Å². The molecule has 1 amide bonds. The Hall–Kier alpha value is -3.33. The summed E-state index contributed by atoms with van der Waals surface area (Å²) in [6, 6.07) is 4.93. The first kappa shape index (κ1) is 19.6. The minimum atomic E-state index is -0.958. The van der Waals surface area contributed by atoms with Crippen LogP contribution >= 0.6 is 0 Å². The number of likely N-dealkylation sites (tertiary alicyclic amines) is 1. The minimum Gasteiger partial charge on any atom is -0.480 e. The van der Waals surface area contributed by atoms with E-state index in [-0.39, 0.29) is 18.5 Å². The molecule has 1 aliphatic carbocycles. The molecule has 3 aromatic rings. The van der Waals surface area contributed by atoms with Crippen molar-refractivity contribution in [1.82, 2.24) is 24.6 Å². The van der Waals surface area contributed by atoms with Gasteiger partial charge in [0.1, 0.15) is 18.4 Å². The third-order valence-electron chi connectivity index (χ3n) is 6.25. The highest BCUT2D eigenvalue weighted by Gasteiger charge is 2.56. The molecule has 2 aromatic heterocycles. The molecule has 160 valence electrons. The number of carbonyl (C=O) groups excluding carboxylic acids is 1. The second-order valence-corrected chi connectivity index (χ2v) is 8.42. The molecule has 2 fully saturated rings. The van der Waals surface area contributed by atoms with Crippen LogP contribution in [0, 0.1) is 12.8 Å². The predicted molar refractivity (Wildman–Crippen MR) is 111 cm³/mol. The van der Waals surface area contributed by atoms with Crippen LogP contribution in [0.15, 0.2) is 30.6 Å². The molecule has 31 heavy (non-hydrogen) atoms. The van der Waals surface area contributed by atoms with E-state index in [2.05, 4.69) is 15.1 Å². The quantitative estimate of drug-likeness (QED) is 0.645. The number of aliphatic hydroxyl groups is 1. The molecule has 1 aliphatic heterocycles. The van der Waals surface area contributed by atoms with Gasteiger partial charge in [-0.3, -0.25) is 9.48 Å². The smallest absolute Gasteiger partial charge is 0.326 e. The predicted octanol–water partition coefficient (Wildman–Crippen LogP) is 1.93. The van der Waals surface area contributed by atoms with Gasteiger partial charge < -0.3 is 15.1 Å². The third kappa shape index (κ3) is 3.34. The van der Waals surface area contributed by atoms with E-state index in [0.717, 1.165) is 22.9 Å². The van der Waals surface area contributed by atoms with Crippen molar-refractivity contribution in [3.8, 4) is 11.1 Å². The van der Waals surface area contributed by atoms with Gasteiger partial charge in [-0.15, -0.1) is 0 Å². The van der Waals surface area contributed by atoms with Gasteiger partial charge >= 0.3 is 5.97 Å². The average molecular weight is 421 g/mol. The first-order valence-corrected chi connectivity index (χ1v) is 10.3. The Kier molecular flexibility index (Phi) is 4.51. The number of nitrogens with zero attached hydrogens (tertiary/aromatic N) is 5. The minimum absolute atomic E-state index is 0.0276. The summed E-state index contributed by atoms with van der Waals surface area (Å²) in [5, 5.41) is 25.0. The number of hydrogen-bond donors (Lipinski definition) is 2. The molecule has 1 saturated carbocycles. The molecule has 9 heteroatoms. The SMILES string of the molecule is Cc1ncc(-c2ccc3c(c2)c(C(C)O)nn3CC(=O)N2[C@@H]3CC3C[C@H]2C(=O)O)cn1. The van der Waals surface area contributed by atoms with E-state index in [1.165, 1.54) is 4.90 Å². The van der Waals surface area contributed by atoms with E-state index in [1.54, 1.807) is 24.0 Å². The summed E-state index contributed by atoms with van der Waals surface area (Å²) in [4.78, 5) is 34.6. The number of aliphatic hydroxyl groups excluding tert-OH is 1. The monoisotopic (exact) mass is 421 g/mol. The number of fused-ring (bicyclic) bond motifs is 2. The molecule has 0 radical (unpaired) electrons. The standard InChI is InChI=1S/C22H23N5O4/c1-11(28)21-16-5-13(15-8-23-12(2)24-9-15)3-4-17(16)26(25-21)10-20(29)27-18-6-14(18)7-19(27)22(30)31/h3-5,8-9,11,14,18-19,28H,6-7,10H2,1-2H3,(H,30,31)/t11?,14?,18-,19+/m1/s1. The molecule has 0 spiro atoms. The van der Waals surface area contributed by atoms with Crippen LogP contribution in [0.5, 0.6) is 0 Å². The summed E-state index contributed by atoms with van der Waals surface area (Å²) in [5.74, 6) is -0.234. The summed E-state index contributed by atoms with van der Waals surface area (Å²) in [7, 11) is 0. The number of benzene rings is 1. The molecule has 1 aromatic carbocycles. The Bertz CT molecular complexity index is 1190. The summed E-state index contributed by atoms with van der Waals surface area (Å²) in [5.41, 5.74) is 2.90. The zero-order valence-electron chi connectivity index (χ0n) is 17.3. The summed E-state index contributed by atoms with van der Waals surface area (Å²) >= 11 is 0. The van der Waals surface area contributed by atoms with Crippen LogP contribution in [-0.4, -0.2) is 58.8 Å². The molecule has 9 nitrogen and oxygen atoms in total. The lowest BCUT2D eigenvalue weighted by Crippen LogP contribution is -2.44. The molecule has 2 aliphatic rings. The maximum atomic E-state index is 13.0. The Morgan fingerprint density at radius 1 is 1.19 bits per heavy atom. The molecule has 0 bridgehead atoms. The fourth-order valence-corrected chi connectivity index (χ4v) is 4.60. The number of aromatic nitrogens is 4. The number of aryl methyl sites for hydroxylation is 1. The molecular formula is C22H23N5O4. The maximum Gasteiger partial charge on any atom is 0.326 e. The van der Waals surface area contributed by atoms with Crippen molar-refractivity contribution < 1.29 is 19.8 Å². The number of aliphatic carboxylic acids is 1. The van der Waals surface area contributed by atoms with Crippen molar-refractivity contribution in [2.45, 2.75) is 51.4 Å². The normalized spacial score (nSPS) is 23.1. The van der Waals surface area contributed by atoms with Crippen LogP contribution in [-0.2, 0) is 16.1 Å². The van der Waals surface area contributed by atoms with Gasteiger partial charge in [-0.05, 0) is 50.3 Å². The molecule has 5 rings (SSSR count). The average Bonchev–Trinajstić information content (AvgIpc) is 3.24. The fraction of sp³-hybridized carbons (Fsp3) is 0.409.